The normalized spacial score (nSPS) is 15.6. The van der Waals surface area contributed by atoms with Crippen molar-refractivity contribution >= 4 is 23.2 Å². The van der Waals surface area contributed by atoms with Crippen LogP contribution in [0.3, 0.4) is 0 Å². The maximum absolute atomic E-state index is 12.7. The Hall–Kier alpha value is -3.80. The van der Waals surface area contributed by atoms with Gasteiger partial charge in [0, 0.05) is 24.3 Å². The average molecular weight is 416 g/mol. The molecule has 6 nitrogen and oxygen atoms in total. The number of amides is 2. The fourth-order valence-electron chi connectivity index (χ4n) is 3.50. The molecule has 1 fully saturated rings. The number of nitrogens with zero attached hydrogens (tertiary/aromatic N) is 1. The van der Waals surface area contributed by atoms with E-state index in [0.717, 1.165) is 17.2 Å². The van der Waals surface area contributed by atoms with Crippen molar-refractivity contribution in [2.24, 2.45) is 5.92 Å². The molecule has 158 valence electrons. The molecule has 0 spiro atoms. The maximum atomic E-state index is 12.7. The summed E-state index contributed by atoms with van der Waals surface area (Å²) in [5.74, 6) is 1.56. The minimum Gasteiger partial charge on any atom is -0.494 e. The maximum Gasteiger partial charge on any atom is 0.229 e. The van der Waals surface area contributed by atoms with Crippen LogP contribution in [0.25, 0.3) is 0 Å². The predicted molar refractivity (Wildman–Crippen MR) is 120 cm³/mol. The number of hydrogen-bond acceptors (Lipinski definition) is 4. The van der Waals surface area contributed by atoms with Crippen LogP contribution in [-0.4, -0.2) is 25.0 Å². The molecule has 1 atom stereocenters. The molecular weight excluding hydrogens is 392 g/mol. The SMILES string of the molecule is CCOc1ccc(N2CC(C(=O)Nc3ccc(Oc4ccccc4)cc3)CC2=O)cc1. The van der Waals surface area contributed by atoms with Crippen LogP contribution in [0.5, 0.6) is 17.2 Å². The Morgan fingerprint density at radius 2 is 1.58 bits per heavy atom. The van der Waals surface area contributed by atoms with Crippen LogP contribution in [0.1, 0.15) is 13.3 Å². The summed E-state index contributed by atoms with van der Waals surface area (Å²) in [5, 5.41) is 2.90. The fraction of sp³-hybridized carbons (Fsp3) is 0.200. The summed E-state index contributed by atoms with van der Waals surface area (Å²) in [5.41, 5.74) is 1.43. The molecule has 1 saturated heterocycles. The quantitative estimate of drug-likeness (QED) is 0.597. The van der Waals surface area contributed by atoms with Crippen LogP contribution in [0.4, 0.5) is 11.4 Å². The predicted octanol–water partition coefficient (Wildman–Crippen LogP) is 4.87. The van der Waals surface area contributed by atoms with Gasteiger partial charge in [-0.1, -0.05) is 18.2 Å². The van der Waals surface area contributed by atoms with Crippen molar-refractivity contribution in [3.63, 3.8) is 0 Å². The molecular formula is C25H24N2O4. The molecule has 0 aliphatic carbocycles. The molecule has 4 rings (SSSR count). The van der Waals surface area contributed by atoms with Crippen molar-refractivity contribution in [1.29, 1.82) is 0 Å². The van der Waals surface area contributed by atoms with Crippen LogP contribution in [0.2, 0.25) is 0 Å². The summed E-state index contributed by atoms with van der Waals surface area (Å²) in [6.45, 7) is 2.86. The smallest absolute Gasteiger partial charge is 0.229 e. The Balaban J connectivity index is 1.35. The zero-order valence-electron chi connectivity index (χ0n) is 17.3. The first kappa shape index (κ1) is 20.5. The van der Waals surface area contributed by atoms with E-state index in [-0.39, 0.29) is 18.2 Å². The lowest BCUT2D eigenvalue weighted by Crippen LogP contribution is -2.28. The second-order valence-corrected chi connectivity index (χ2v) is 7.26. The fourth-order valence-corrected chi connectivity index (χ4v) is 3.50. The monoisotopic (exact) mass is 416 g/mol. The van der Waals surface area contributed by atoms with Gasteiger partial charge in [0.2, 0.25) is 11.8 Å². The third kappa shape index (κ3) is 5.04. The summed E-state index contributed by atoms with van der Waals surface area (Å²) >= 11 is 0. The van der Waals surface area contributed by atoms with Crippen molar-refractivity contribution < 1.29 is 19.1 Å². The van der Waals surface area contributed by atoms with Crippen LogP contribution in [0.15, 0.2) is 78.9 Å². The van der Waals surface area contributed by atoms with Gasteiger partial charge in [0.05, 0.1) is 12.5 Å². The second kappa shape index (κ2) is 9.34. The summed E-state index contributed by atoms with van der Waals surface area (Å²) in [6.07, 6.45) is 0.189. The second-order valence-electron chi connectivity index (χ2n) is 7.26. The van der Waals surface area contributed by atoms with Gasteiger partial charge >= 0.3 is 0 Å². The number of carbonyl (C=O) groups is 2. The van der Waals surface area contributed by atoms with Crippen molar-refractivity contribution in [2.45, 2.75) is 13.3 Å². The lowest BCUT2D eigenvalue weighted by molar-refractivity contribution is -0.122. The molecule has 0 saturated carbocycles. The number of para-hydroxylation sites is 1. The highest BCUT2D eigenvalue weighted by molar-refractivity contribution is 6.03. The van der Waals surface area contributed by atoms with Gasteiger partial charge in [0.15, 0.2) is 0 Å². The largest absolute Gasteiger partial charge is 0.494 e. The van der Waals surface area contributed by atoms with Gasteiger partial charge in [-0.05, 0) is 67.6 Å². The van der Waals surface area contributed by atoms with Gasteiger partial charge in [-0.25, -0.2) is 0 Å². The minimum absolute atomic E-state index is 0.0593. The molecule has 3 aromatic carbocycles. The van der Waals surface area contributed by atoms with Gasteiger partial charge in [-0.3, -0.25) is 9.59 Å². The lowest BCUT2D eigenvalue weighted by atomic mass is 10.1. The molecule has 0 aromatic heterocycles. The highest BCUT2D eigenvalue weighted by atomic mass is 16.5. The van der Waals surface area contributed by atoms with Crippen molar-refractivity contribution in [3.05, 3.63) is 78.9 Å². The summed E-state index contributed by atoms with van der Waals surface area (Å²) in [6, 6.07) is 24.0. The highest BCUT2D eigenvalue weighted by Crippen LogP contribution is 2.28. The highest BCUT2D eigenvalue weighted by Gasteiger charge is 2.35. The van der Waals surface area contributed by atoms with Crippen LogP contribution in [-0.2, 0) is 9.59 Å². The third-order valence-corrected chi connectivity index (χ3v) is 5.06. The van der Waals surface area contributed by atoms with Crippen molar-refractivity contribution in [3.8, 4) is 17.2 Å². The number of rotatable bonds is 7. The topological polar surface area (TPSA) is 67.9 Å². The number of ether oxygens (including phenoxy) is 2. The van der Waals surface area contributed by atoms with E-state index in [1.165, 1.54) is 0 Å². The van der Waals surface area contributed by atoms with Crippen LogP contribution < -0.4 is 19.7 Å². The van der Waals surface area contributed by atoms with Gasteiger partial charge in [0.25, 0.3) is 0 Å². The molecule has 1 unspecified atom stereocenters. The molecule has 1 N–H and O–H groups in total. The molecule has 1 heterocycles. The molecule has 2 amide bonds. The van der Waals surface area contributed by atoms with Gasteiger partial charge < -0.3 is 19.7 Å². The van der Waals surface area contributed by atoms with Gasteiger partial charge in [-0.15, -0.1) is 0 Å². The molecule has 1 aliphatic heterocycles. The van der Waals surface area contributed by atoms with Crippen molar-refractivity contribution in [1.82, 2.24) is 0 Å². The van der Waals surface area contributed by atoms with E-state index in [1.54, 1.807) is 29.2 Å². The summed E-state index contributed by atoms with van der Waals surface area (Å²) in [4.78, 5) is 26.8. The van der Waals surface area contributed by atoms with E-state index in [9.17, 15) is 9.59 Å². The van der Waals surface area contributed by atoms with E-state index < -0.39 is 5.92 Å². The Labute approximate surface area is 181 Å². The molecule has 0 radical (unpaired) electrons. The Bertz CT molecular complexity index is 1030. The first-order valence-electron chi connectivity index (χ1n) is 10.3. The van der Waals surface area contributed by atoms with E-state index in [1.807, 2.05) is 61.5 Å². The Kier molecular flexibility index (Phi) is 6.17. The first-order chi connectivity index (χ1) is 15.1. The van der Waals surface area contributed by atoms with E-state index in [0.29, 0.717) is 24.6 Å². The number of benzene rings is 3. The number of anilines is 2. The molecule has 6 heteroatoms. The lowest BCUT2D eigenvalue weighted by Gasteiger charge is -2.17. The van der Waals surface area contributed by atoms with Gasteiger partial charge in [0.1, 0.15) is 17.2 Å². The number of carbonyl (C=O) groups excluding carboxylic acids is 2. The summed E-state index contributed by atoms with van der Waals surface area (Å²) in [7, 11) is 0. The number of nitrogens with one attached hydrogen (secondary N) is 1. The molecule has 0 bridgehead atoms. The zero-order valence-corrected chi connectivity index (χ0v) is 17.3. The van der Waals surface area contributed by atoms with E-state index in [2.05, 4.69) is 5.32 Å². The molecule has 31 heavy (non-hydrogen) atoms. The summed E-state index contributed by atoms with van der Waals surface area (Å²) < 4.78 is 11.2. The van der Waals surface area contributed by atoms with Crippen LogP contribution in [0, 0.1) is 5.92 Å². The van der Waals surface area contributed by atoms with Gasteiger partial charge in [-0.2, -0.15) is 0 Å². The van der Waals surface area contributed by atoms with E-state index in [4.69, 9.17) is 9.47 Å². The first-order valence-corrected chi connectivity index (χ1v) is 10.3. The molecule has 1 aliphatic rings. The Morgan fingerprint density at radius 1 is 0.935 bits per heavy atom. The third-order valence-electron chi connectivity index (χ3n) is 5.06. The number of hydrogen-bond donors (Lipinski definition) is 1. The zero-order chi connectivity index (χ0) is 21.6. The van der Waals surface area contributed by atoms with Crippen LogP contribution >= 0.6 is 0 Å². The molecule has 3 aromatic rings. The van der Waals surface area contributed by atoms with Crippen molar-refractivity contribution in [2.75, 3.05) is 23.4 Å². The standard InChI is InChI=1S/C25H24N2O4/c1-2-30-21-14-10-20(11-15-21)27-17-18(16-24(27)28)25(29)26-19-8-12-23(13-9-19)31-22-6-4-3-5-7-22/h3-15,18H,2,16-17H2,1H3,(H,26,29). The van der Waals surface area contributed by atoms with E-state index >= 15 is 0 Å². The average Bonchev–Trinajstić information content (AvgIpc) is 3.18. The minimum atomic E-state index is -0.403. The Morgan fingerprint density at radius 3 is 2.26 bits per heavy atom.